The quantitative estimate of drug-likeness (QED) is 0.659. The number of hydrogen-bond donors (Lipinski definition) is 1. The third-order valence-electron chi connectivity index (χ3n) is 4.61. The summed E-state index contributed by atoms with van der Waals surface area (Å²) in [4.78, 5) is 20.9. The van der Waals surface area contributed by atoms with Gasteiger partial charge in [-0.3, -0.25) is 0 Å². The van der Waals surface area contributed by atoms with E-state index < -0.39 is 0 Å². The lowest BCUT2D eigenvalue weighted by Gasteiger charge is -2.26. The predicted molar refractivity (Wildman–Crippen MR) is 114 cm³/mol. The average molecular weight is 399 g/mol. The molecule has 0 spiro atoms. The Bertz CT molecular complexity index is 908. The molecule has 0 aliphatic rings. The number of benzene rings is 2. The number of thiazole rings is 1. The van der Waals surface area contributed by atoms with E-state index in [-0.39, 0.29) is 12.1 Å². The van der Waals surface area contributed by atoms with Crippen LogP contribution in [0.1, 0.15) is 16.6 Å². The van der Waals surface area contributed by atoms with Crippen LogP contribution in [-0.2, 0) is 6.54 Å². The maximum absolute atomic E-state index is 12.6. The van der Waals surface area contributed by atoms with Crippen LogP contribution in [0.15, 0.2) is 48.5 Å². The van der Waals surface area contributed by atoms with Gasteiger partial charge in [-0.2, -0.15) is 0 Å². The maximum atomic E-state index is 12.6. The topological polar surface area (TPSA) is 57.7 Å². The van der Waals surface area contributed by atoms with Crippen LogP contribution >= 0.6 is 11.3 Å². The first-order valence-electron chi connectivity index (χ1n) is 9.11. The van der Waals surface area contributed by atoms with E-state index in [0.29, 0.717) is 13.1 Å². The molecule has 1 unspecified atom stereocenters. The number of hydrogen-bond acceptors (Lipinski definition) is 5. The maximum Gasteiger partial charge on any atom is 0.317 e. The number of nitrogens with zero attached hydrogens (tertiary/aromatic N) is 3. The van der Waals surface area contributed by atoms with Crippen LogP contribution < -0.4 is 10.1 Å². The normalized spacial score (nSPS) is 12.2. The fraction of sp³-hybridized carbons (Fsp3) is 0.333. The molecule has 6 nitrogen and oxygen atoms in total. The zero-order valence-corrected chi connectivity index (χ0v) is 17.5. The van der Waals surface area contributed by atoms with Gasteiger partial charge in [0.05, 0.1) is 29.9 Å². The Hall–Kier alpha value is -2.64. The molecule has 1 aromatic heterocycles. The molecule has 0 bridgehead atoms. The Morgan fingerprint density at radius 1 is 1.18 bits per heavy atom. The van der Waals surface area contributed by atoms with Gasteiger partial charge in [0.2, 0.25) is 0 Å². The predicted octanol–water partition coefficient (Wildman–Crippen LogP) is 3.75. The van der Waals surface area contributed by atoms with Gasteiger partial charge >= 0.3 is 6.03 Å². The highest BCUT2D eigenvalue weighted by Gasteiger charge is 2.18. The molecule has 0 fully saturated rings. The second kappa shape index (κ2) is 9.03. The Balaban J connectivity index is 1.61. The monoisotopic (exact) mass is 398 g/mol. The van der Waals surface area contributed by atoms with Gasteiger partial charge in [0.15, 0.2) is 0 Å². The molecule has 0 saturated carbocycles. The van der Waals surface area contributed by atoms with Crippen molar-refractivity contribution in [3.05, 3.63) is 59.1 Å². The lowest BCUT2D eigenvalue weighted by atomic mass is 10.1. The Morgan fingerprint density at radius 2 is 1.96 bits per heavy atom. The molecule has 1 N–H and O–H groups in total. The number of aromatic nitrogens is 1. The van der Waals surface area contributed by atoms with Crippen LogP contribution in [-0.4, -0.2) is 55.6 Å². The van der Waals surface area contributed by atoms with Gasteiger partial charge in [-0.1, -0.05) is 24.3 Å². The van der Waals surface area contributed by atoms with Gasteiger partial charge in [0.25, 0.3) is 0 Å². The average Bonchev–Trinajstić information content (AvgIpc) is 3.10. The van der Waals surface area contributed by atoms with Crippen molar-refractivity contribution >= 4 is 27.6 Å². The summed E-state index contributed by atoms with van der Waals surface area (Å²) in [6, 6.07) is 15.9. The van der Waals surface area contributed by atoms with E-state index in [9.17, 15) is 4.79 Å². The van der Waals surface area contributed by atoms with Crippen LogP contribution in [0.25, 0.3) is 10.2 Å². The number of rotatable bonds is 7. The summed E-state index contributed by atoms with van der Waals surface area (Å²) >= 11 is 1.62. The van der Waals surface area contributed by atoms with Crippen molar-refractivity contribution in [2.24, 2.45) is 0 Å². The molecule has 1 atom stereocenters. The number of fused-ring (bicyclic) bond motifs is 1. The molecule has 28 heavy (non-hydrogen) atoms. The van der Waals surface area contributed by atoms with Crippen LogP contribution in [0, 0.1) is 0 Å². The van der Waals surface area contributed by atoms with E-state index in [2.05, 4.69) is 15.2 Å². The van der Waals surface area contributed by atoms with E-state index in [1.807, 2.05) is 62.6 Å². The first-order valence-corrected chi connectivity index (χ1v) is 9.93. The van der Waals surface area contributed by atoms with E-state index >= 15 is 0 Å². The third-order valence-corrected chi connectivity index (χ3v) is 5.63. The summed E-state index contributed by atoms with van der Waals surface area (Å²) < 4.78 is 6.46. The highest BCUT2D eigenvalue weighted by molar-refractivity contribution is 7.18. The van der Waals surface area contributed by atoms with Gasteiger partial charge in [0, 0.05) is 13.6 Å². The Kier molecular flexibility index (Phi) is 6.49. The summed E-state index contributed by atoms with van der Waals surface area (Å²) in [7, 11) is 7.45. The second-order valence-corrected chi connectivity index (χ2v) is 7.99. The van der Waals surface area contributed by atoms with Gasteiger partial charge in [-0.25, -0.2) is 9.78 Å². The van der Waals surface area contributed by atoms with E-state index in [0.717, 1.165) is 26.5 Å². The number of nitrogens with one attached hydrogen (secondary N) is 1. The number of amides is 2. The summed E-state index contributed by atoms with van der Waals surface area (Å²) in [5.41, 5.74) is 2.07. The van der Waals surface area contributed by atoms with E-state index in [1.165, 1.54) is 0 Å². The fourth-order valence-corrected chi connectivity index (χ4v) is 4.05. The van der Waals surface area contributed by atoms with Gasteiger partial charge < -0.3 is 19.9 Å². The Morgan fingerprint density at radius 3 is 2.68 bits per heavy atom. The summed E-state index contributed by atoms with van der Waals surface area (Å²) in [5, 5.41) is 3.96. The smallest absolute Gasteiger partial charge is 0.317 e. The summed E-state index contributed by atoms with van der Waals surface area (Å²) in [6.07, 6.45) is 0. The van der Waals surface area contributed by atoms with E-state index in [4.69, 9.17) is 4.74 Å². The molecule has 0 saturated heterocycles. The molecule has 148 valence electrons. The molecule has 7 heteroatoms. The first-order chi connectivity index (χ1) is 13.5. The zero-order valence-electron chi connectivity index (χ0n) is 16.7. The van der Waals surface area contributed by atoms with Gasteiger partial charge in [-0.15, -0.1) is 11.3 Å². The third kappa shape index (κ3) is 4.79. The highest BCUT2D eigenvalue weighted by Crippen LogP contribution is 2.23. The van der Waals surface area contributed by atoms with Crippen LogP contribution in [0.2, 0.25) is 0 Å². The number of para-hydroxylation sites is 1. The molecule has 2 amide bonds. The molecule has 0 aliphatic heterocycles. The standard InChI is InChI=1S/C21H26N4O2S/c1-24(2)18(15-8-7-9-16(12-15)27-4)13-22-21(26)25(3)14-20-23-17-10-5-6-11-19(17)28-20/h5-12,18H,13-14H2,1-4H3,(H,22,26). The van der Waals surface area contributed by atoms with Crippen LogP contribution in [0.4, 0.5) is 4.79 Å². The number of carbonyl (C=O) groups excluding carboxylic acids is 1. The van der Waals surface area contributed by atoms with Gasteiger partial charge in [-0.05, 0) is 43.9 Å². The molecular weight excluding hydrogens is 372 g/mol. The number of carbonyl (C=O) groups is 1. The number of likely N-dealkylation sites (N-methyl/N-ethyl adjacent to an activating group) is 1. The molecular formula is C21H26N4O2S. The fourth-order valence-electron chi connectivity index (χ4n) is 3.03. The summed E-state index contributed by atoms with van der Waals surface area (Å²) in [5.74, 6) is 0.809. The SMILES string of the molecule is COc1cccc(C(CNC(=O)N(C)Cc2nc3ccccc3s2)N(C)C)c1. The zero-order chi connectivity index (χ0) is 20.1. The molecule has 1 heterocycles. The van der Waals surface area contributed by atoms with Crippen molar-refractivity contribution in [2.75, 3.05) is 34.8 Å². The van der Waals surface area contributed by atoms with Crippen molar-refractivity contribution in [1.82, 2.24) is 20.1 Å². The minimum absolute atomic E-state index is 0.0508. The van der Waals surface area contributed by atoms with Crippen LogP contribution in [0.3, 0.4) is 0 Å². The lowest BCUT2D eigenvalue weighted by molar-refractivity contribution is 0.200. The number of urea groups is 1. The molecule has 3 aromatic rings. The number of ether oxygens (including phenoxy) is 1. The van der Waals surface area contributed by atoms with Crippen molar-refractivity contribution in [3.8, 4) is 5.75 Å². The minimum atomic E-state index is -0.117. The molecule has 0 radical (unpaired) electrons. The molecule has 3 rings (SSSR count). The first kappa shape index (κ1) is 20.1. The number of methoxy groups -OCH3 is 1. The molecule has 0 aliphatic carbocycles. The largest absolute Gasteiger partial charge is 0.497 e. The van der Waals surface area contributed by atoms with Crippen LogP contribution in [0.5, 0.6) is 5.75 Å². The lowest BCUT2D eigenvalue weighted by Crippen LogP contribution is -2.41. The van der Waals surface area contributed by atoms with Crippen molar-refractivity contribution < 1.29 is 9.53 Å². The van der Waals surface area contributed by atoms with Gasteiger partial charge in [0.1, 0.15) is 10.8 Å². The minimum Gasteiger partial charge on any atom is -0.497 e. The van der Waals surface area contributed by atoms with Crippen molar-refractivity contribution in [1.29, 1.82) is 0 Å². The van der Waals surface area contributed by atoms with E-state index in [1.54, 1.807) is 30.4 Å². The Labute approximate surface area is 169 Å². The summed E-state index contributed by atoms with van der Waals surface area (Å²) in [6.45, 7) is 0.986. The van der Waals surface area contributed by atoms with Crippen molar-refractivity contribution in [2.45, 2.75) is 12.6 Å². The highest BCUT2D eigenvalue weighted by atomic mass is 32.1. The van der Waals surface area contributed by atoms with Crippen molar-refractivity contribution in [3.63, 3.8) is 0 Å². The molecule has 2 aromatic carbocycles. The second-order valence-electron chi connectivity index (χ2n) is 6.87.